The fourth-order valence-corrected chi connectivity index (χ4v) is 2.65. The highest BCUT2D eigenvalue weighted by Gasteiger charge is 2.30. The first-order valence-electron chi connectivity index (χ1n) is 6.80. The molecule has 1 aliphatic carbocycles. The highest BCUT2D eigenvalue weighted by atomic mass is 16.4. The number of carbonyl (C=O) groups is 3. The molecule has 0 heterocycles. The standard InChI is InChI=1S/C13H22N2O5/c1-8-5-3-4-6-10(8)15(2)13(20)14-9(12(18)19)7-11(16)17/h8-10H,3-7H2,1-2H3,(H,14,20)(H,16,17)(H,18,19)/t8?,9-,10?/m1/s1. The average molecular weight is 286 g/mol. The number of carbonyl (C=O) groups excluding carboxylic acids is 1. The van der Waals surface area contributed by atoms with Crippen LogP contribution in [0.1, 0.15) is 39.0 Å². The van der Waals surface area contributed by atoms with Crippen LogP contribution in [-0.2, 0) is 9.59 Å². The lowest BCUT2D eigenvalue weighted by Crippen LogP contribution is -2.52. The molecule has 0 saturated heterocycles. The zero-order valence-corrected chi connectivity index (χ0v) is 11.8. The van der Waals surface area contributed by atoms with Crippen LogP contribution in [0.2, 0.25) is 0 Å². The van der Waals surface area contributed by atoms with Gasteiger partial charge in [0.25, 0.3) is 0 Å². The van der Waals surface area contributed by atoms with Gasteiger partial charge in [-0.3, -0.25) is 4.79 Å². The first kappa shape index (κ1) is 16.3. The zero-order chi connectivity index (χ0) is 15.3. The number of carboxylic acid groups (broad SMARTS) is 2. The highest BCUT2D eigenvalue weighted by Crippen LogP contribution is 2.27. The van der Waals surface area contributed by atoms with Gasteiger partial charge in [-0.15, -0.1) is 0 Å². The Hall–Kier alpha value is -1.79. The van der Waals surface area contributed by atoms with Crippen LogP contribution in [0, 0.1) is 5.92 Å². The summed E-state index contributed by atoms with van der Waals surface area (Å²) in [6.45, 7) is 2.07. The molecular weight excluding hydrogens is 264 g/mol. The summed E-state index contributed by atoms with van der Waals surface area (Å²) in [6, 6.07) is -1.86. The molecule has 0 bridgehead atoms. The normalized spacial score (nSPS) is 23.7. The lowest BCUT2D eigenvalue weighted by Gasteiger charge is -2.36. The maximum absolute atomic E-state index is 12.0. The molecule has 7 nitrogen and oxygen atoms in total. The SMILES string of the molecule is CC1CCCCC1N(C)C(=O)N[C@H](CC(=O)O)C(=O)O. The van der Waals surface area contributed by atoms with Crippen LogP contribution in [0.25, 0.3) is 0 Å². The van der Waals surface area contributed by atoms with Crippen molar-refractivity contribution in [3.8, 4) is 0 Å². The lowest BCUT2D eigenvalue weighted by atomic mass is 9.85. The Kier molecular flexibility index (Phi) is 5.79. The van der Waals surface area contributed by atoms with Gasteiger partial charge in [-0.25, -0.2) is 9.59 Å². The molecule has 0 aromatic carbocycles. The predicted octanol–water partition coefficient (Wildman–Crippen LogP) is 1.13. The van der Waals surface area contributed by atoms with Crippen molar-refractivity contribution in [1.29, 1.82) is 0 Å². The molecule has 2 amide bonds. The molecule has 0 aromatic rings. The summed E-state index contributed by atoms with van der Waals surface area (Å²) in [5, 5.41) is 19.8. The van der Waals surface area contributed by atoms with Crippen LogP contribution in [0.5, 0.6) is 0 Å². The molecule has 1 fully saturated rings. The number of nitrogens with one attached hydrogen (secondary N) is 1. The Balaban J connectivity index is 2.63. The molecule has 3 atom stereocenters. The van der Waals surface area contributed by atoms with Gasteiger partial charge in [0.2, 0.25) is 0 Å². The smallest absolute Gasteiger partial charge is 0.326 e. The topological polar surface area (TPSA) is 107 Å². The number of aliphatic carboxylic acids is 2. The monoisotopic (exact) mass is 286 g/mol. The van der Waals surface area contributed by atoms with Gasteiger partial charge >= 0.3 is 18.0 Å². The van der Waals surface area contributed by atoms with Crippen LogP contribution < -0.4 is 5.32 Å². The van der Waals surface area contributed by atoms with Gasteiger partial charge in [0.15, 0.2) is 0 Å². The minimum atomic E-state index is -1.40. The van der Waals surface area contributed by atoms with Crippen molar-refractivity contribution in [3.63, 3.8) is 0 Å². The number of urea groups is 1. The van der Waals surface area contributed by atoms with E-state index in [1.165, 1.54) is 4.90 Å². The Labute approximate surface area is 117 Å². The van der Waals surface area contributed by atoms with Gasteiger partial charge in [-0.1, -0.05) is 19.8 Å². The second-order valence-electron chi connectivity index (χ2n) is 5.38. The molecule has 114 valence electrons. The summed E-state index contributed by atoms with van der Waals surface area (Å²) in [5.74, 6) is -2.24. The van der Waals surface area contributed by atoms with E-state index >= 15 is 0 Å². The van der Waals surface area contributed by atoms with Crippen molar-refractivity contribution in [2.75, 3.05) is 7.05 Å². The van der Waals surface area contributed by atoms with E-state index in [0.29, 0.717) is 5.92 Å². The zero-order valence-electron chi connectivity index (χ0n) is 11.8. The van der Waals surface area contributed by atoms with Crippen LogP contribution in [0.4, 0.5) is 4.79 Å². The summed E-state index contributed by atoms with van der Waals surface area (Å²) in [5.41, 5.74) is 0. The van der Waals surface area contributed by atoms with E-state index in [9.17, 15) is 14.4 Å². The van der Waals surface area contributed by atoms with Gasteiger partial charge in [-0.2, -0.15) is 0 Å². The number of carboxylic acids is 2. The number of hydrogen-bond acceptors (Lipinski definition) is 3. The molecule has 20 heavy (non-hydrogen) atoms. The van der Waals surface area contributed by atoms with Crippen molar-refractivity contribution in [3.05, 3.63) is 0 Å². The lowest BCUT2D eigenvalue weighted by molar-refractivity contribution is -0.145. The summed E-state index contributed by atoms with van der Waals surface area (Å²) in [7, 11) is 1.63. The molecule has 2 unspecified atom stereocenters. The van der Waals surface area contributed by atoms with Crippen molar-refractivity contribution < 1.29 is 24.6 Å². The van der Waals surface area contributed by atoms with Crippen LogP contribution in [-0.4, -0.2) is 52.2 Å². The molecule has 0 aromatic heterocycles. The second-order valence-corrected chi connectivity index (χ2v) is 5.38. The number of amides is 2. The van der Waals surface area contributed by atoms with E-state index in [1.54, 1.807) is 7.05 Å². The summed E-state index contributed by atoms with van der Waals surface area (Å²) < 4.78 is 0. The van der Waals surface area contributed by atoms with Gasteiger partial charge < -0.3 is 20.4 Å². The van der Waals surface area contributed by atoms with Crippen molar-refractivity contribution in [2.45, 2.75) is 51.1 Å². The predicted molar refractivity (Wildman–Crippen MR) is 71.4 cm³/mol. The number of nitrogens with zero attached hydrogens (tertiary/aromatic N) is 1. The third kappa shape index (κ3) is 4.40. The largest absolute Gasteiger partial charge is 0.481 e. The third-order valence-corrected chi connectivity index (χ3v) is 3.86. The molecule has 1 saturated carbocycles. The quantitative estimate of drug-likeness (QED) is 0.702. The Bertz CT molecular complexity index is 385. The Morgan fingerprint density at radius 2 is 1.85 bits per heavy atom. The summed E-state index contributed by atoms with van der Waals surface area (Å²) in [4.78, 5) is 35.1. The maximum atomic E-state index is 12.0. The van der Waals surface area contributed by atoms with E-state index in [1.807, 2.05) is 0 Å². The molecule has 3 N–H and O–H groups in total. The van der Waals surface area contributed by atoms with Gasteiger partial charge in [0.05, 0.1) is 6.42 Å². The van der Waals surface area contributed by atoms with E-state index < -0.39 is 30.4 Å². The van der Waals surface area contributed by atoms with E-state index in [4.69, 9.17) is 10.2 Å². The Morgan fingerprint density at radius 3 is 2.35 bits per heavy atom. The van der Waals surface area contributed by atoms with Crippen LogP contribution in [0.3, 0.4) is 0 Å². The average Bonchev–Trinajstić information content (AvgIpc) is 2.37. The molecule has 0 aliphatic heterocycles. The van der Waals surface area contributed by atoms with E-state index in [-0.39, 0.29) is 6.04 Å². The van der Waals surface area contributed by atoms with Crippen molar-refractivity contribution in [2.24, 2.45) is 5.92 Å². The fraction of sp³-hybridized carbons (Fsp3) is 0.769. The first-order valence-corrected chi connectivity index (χ1v) is 6.80. The minimum Gasteiger partial charge on any atom is -0.481 e. The van der Waals surface area contributed by atoms with Crippen LogP contribution >= 0.6 is 0 Å². The minimum absolute atomic E-state index is 0.0722. The van der Waals surface area contributed by atoms with Crippen LogP contribution in [0.15, 0.2) is 0 Å². The Morgan fingerprint density at radius 1 is 1.25 bits per heavy atom. The van der Waals surface area contributed by atoms with Gasteiger partial charge in [0.1, 0.15) is 6.04 Å². The maximum Gasteiger partial charge on any atom is 0.326 e. The second kappa shape index (κ2) is 7.12. The van der Waals surface area contributed by atoms with E-state index in [2.05, 4.69) is 12.2 Å². The molecule has 1 aliphatic rings. The third-order valence-electron chi connectivity index (χ3n) is 3.86. The summed E-state index contributed by atoms with van der Waals surface area (Å²) >= 11 is 0. The first-order chi connectivity index (χ1) is 9.32. The number of rotatable bonds is 5. The fourth-order valence-electron chi connectivity index (χ4n) is 2.65. The molecular formula is C13H22N2O5. The highest BCUT2D eigenvalue weighted by molar-refractivity contribution is 5.86. The molecule has 1 rings (SSSR count). The number of hydrogen-bond donors (Lipinski definition) is 3. The van der Waals surface area contributed by atoms with Gasteiger partial charge in [-0.05, 0) is 18.8 Å². The molecule has 7 heteroatoms. The van der Waals surface area contributed by atoms with Crippen molar-refractivity contribution >= 4 is 18.0 Å². The summed E-state index contributed by atoms with van der Waals surface area (Å²) in [6.07, 6.45) is 3.49. The van der Waals surface area contributed by atoms with Gasteiger partial charge in [0, 0.05) is 13.1 Å². The van der Waals surface area contributed by atoms with E-state index in [0.717, 1.165) is 25.7 Å². The molecule has 0 radical (unpaired) electrons. The molecule has 0 spiro atoms. The van der Waals surface area contributed by atoms with Crippen molar-refractivity contribution in [1.82, 2.24) is 10.2 Å².